The molecule has 3 heterocycles. The molecule has 0 aliphatic carbocycles. The third kappa shape index (κ3) is 5.37. The van der Waals surface area contributed by atoms with E-state index < -0.39 is 18.0 Å². The summed E-state index contributed by atoms with van der Waals surface area (Å²) in [5.74, 6) is 0.727. The quantitative estimate of drug-likeness (QED) is 0.261. The van der Waals surface area contributed by atoms with Gasteiger partial charge >= 0.3 is 11.9 Å². The summed E-state index contributed by atoms with van der Waals surface area (Å²) in [4.78, 5) is 44.0. The van der Waals surface area contributed by atoms with Gasteiger partial charge in [0.2, 0.25) is 0 Å². The molecule has 216 valence electrons. The fourth-order valence-electron chi connectivity index (χ4n) is 4.85. The van der Waals surface area contributed by atoms with Crippen LogP contribution in [0.25, 0.3) is 17.4 Å². The van der Waals surface area contributed by atoms with Crippen molar-refractivity contribution >= 4 is 45.3 Å². The molecule has 1 aliphatic rings. The first kappa shape index (κ1) is 29.3. The van der Waals surface area contributed by atoms with Gasteiger partial charge in [0.1, 0.15) is 17.3 Å². The van der Waals surface area contributed by atoms with Crippen LogP contribution >= 0.6 is 27.3 Å². The third-order valence-corrected chi connectivity index (χ3v) is 8.42. The summed E-state index contributed by atoms with van der Waals surface area (Å²) in [6.45, 7) is 5.53. The highest BCUT2D eigenvalue weighted by molar-refractivity contribution is 9.10. The Labute approximate surface area is 253 Å². The summed E-state index contributed by atoms with van der Waals surface area (Å²) < 4.78 is 24.2. The molecule has 0 spiro atoms. The van der Waals surface area contributed by atoms with Crippen LogP contribution in [0.5, 0.6) is 5.75 Å². The number of fused-ring (bicyclic) bond motifs is 1. The maximum Gasteiger partial charge on any atom is 0.338 e. The molecule has 1 atom stereocenters. The molecular weight excluding hydrogens is 624 g/mol. The van der Waals surface area contributed by atoms with Crippen molar-refractivity contribution in [3.63, 3.8) is 0 Å². The second kappa shape index (κ2) is 11.9. The van der Waals surface area contributed by atoms with Crippen LogP contribution in [0.2, 0.25) is 0 Å². The zero-order valence-electron chi connectivity index (χ0n) is 23.5. The zero-order chi connectivity index (χ0) is 30.1. The van der Waals surface area contributed by atoms with Gasteiger partial charge in [-0.3, -0.25) is 9.36 Å². The number of nitrogens with zero attached hydrogens (tertiary/aromatic N) is 2. The minimum Gasteiger partial charge on any atom is -0.496 e. The Morgan fingerprint density at radius 2 is 1.88 bits per heavy atom. The van der Waals surface area contributed by atoms with E-state index in [0.29, 0.717) is 53.5 Å². The number of furan rings is 1. The molecule has 0 N–H and O–H groups in total. The number of halogens is 1. The molecule has 0 fully saturated rings. The van der Waals surface area contributed by atoms with Gasteiger partial charge in [-0.25, -0.2) is 14.6 Å². The lowest BCUT2D eigenvalue weighted by Gasteiger charge is -2.25. The van der Waals surface area contributed by atoms with Gasteiger partial charge in [-0.2, -0.15) is 0 Å². The highest BCUT2D eigenvalue weighted by Gasteiger charge is 2.33. The number of hydrogen-bond donors (Lipinski definition) is 0. The lowest BCUT2D eigenvalue weighted by atomic mass is 9.96. The Morgan fingerprint density at radius 3 is 2.55 bits per heavy atom. The van der Waals surface area contributed by atoms with Crippen LogP contribution < -0.4 is 19.6 Å². The first-order valence-corrected chi connectivity index (χ1v) is 14.6. The summed E-state index contributed by atoms with van der Waals surface area (Å²) in [6.07, 6.45) is 1.66. The smallest absolute Gasteiger partial charge is 0.338 e. The second-order valence-electron chi connectivity index (χ2n) is 9.42. The van der Waals surface area contributed by atoms with Gasteiger partial charge < -0.3 is 18.6 Å². The molecule has 0 radical (unpaired) electrons. The van der Waals surface area contributed by atoms with Crippen LogP contribution in [-0.2, 0) is 14.3 Å². The Kier molecular flexibility index (Phi) is 8.33. The van der Waals surface area contributed by atoms with Gasteiger partial charge in [0.05, 0.1) is 52.7 Å². The monoisotopic (exact) mass is 650 g/mol. The predicted molar refractivity (Wildman–Crippen MR) is 161 cm³/mol. The maximum absolute atomic E-state index is 13.9. The standard InChI is InChI=1S/C31H27BrN2O7S/c1-6-40-30(37)26-17(3)33-31-34(27(26)18-8-11-24(38-4)22(32)14-18)28(35)25(42-31)15-20-9-12-23(41-20)21-10-7-19(13-16(21)2)29(36)39-5/h7-15,27H,6H2,1-5H3/b25-15+/t27-/m0/s1. The Hall–Kier alpha value is -4.22. The van der Waals surface area contributed by atoms with Crippen molar-refractivity contribution in [3.05, 3.63) is 106 Å². The first-order chi connectivity index (χ1) is 20.2. The third-order valence-electron chi connectivity index (χ3n) is 6.82. The number of allylic oxidation sites excluding steroid dienone is 1. The topological polar surface area (TPSA) is 109 Å². The molecule has 2 aromatic carbocycles. The summed E-state index contributed by atoms with van der Waals surface area (Å²) >= 11 is 4.73. The molecule has 5 rings (SSSR count). The molecule has 0 saturated heterocycles. The van der Waals surface area contributed by atoms with Crippen LogP contribution in [0.4, 0.5) is 0 Å². The van der Waals surface area contributed by atoms with Crippen molar-refractivity contribution < 1.29 is 28.2 Å². The molecule has 42 heavy (non-hydrogen) atoms. The zero-order valence-corrected chi connectivity index (χ0v) is 25.9. The minimum absolute atomic E-state index is 0.185. The number of hydrogen-bond acceptors (Lipinski definition) is 9. The number of aromatic nitrogens is 1. The van der Waals surface area contributed by atoms with E-state index in [-0.39, 0.29) is 12.2 Å². The number of carbonyl (C=O) groups is 2. The van der Waals surface area contributed by atoms with Crippen LogP contribution in [0, 0.1) is 6.92 Å². The van der Waals surface area contributed by atoms with Gasteiger partial charge in [-0.05, 0) is 84.2 Å². The Morgan fingerprint density at radius 1 is 1.10 bits per heavy atom. The largest absolute Gasteiger partial charge is 0.496 e. The van der Waals surface area contributed by atoms with Crippen molar-refractivity contribution in [2.75, 3.05) is 20.8 Å². The lowest BCUT2D eigenvalue weighted by Crippen LogP contribution is -2.39. The van der Waals surface area contributed by atoms with Crippen molar-refractivity contribution in [1.82, 2.24) is 4.57 Å². The highest BCUT2D eigenvalue weighted by atomic mass is 79.9. The first-order valence-electron chi connectivity index (χ1n) is 13.0. The molecule has 0 unspecified atom stereocenters. The average Bonchev–Trinajstić information content (AvgIpc) is 3.55. The van der Waals surface area contributed by atoms with Crippen molar-refractivity contribution in [2.45, 2.75) is 26.8 Å². The maximum atomic E-state index is 13.9. The molecule has 9 nitrogen and oxygen atoms in total. The van der Waals surface area contributed by atoms with Crippen molar-refractivity contribution in [2.24, 2.45) is 4.99 Å². The molecule has 0 amide bonds. The normalized spacial score (nSPS) is 14.8. The number of methoxy groups -OCH3 is 2. The number of aryl methyl sites for hydroxylation is 1. The van der Waals surface area contributed by atoms with Gasteiger partial charge in [-0.1, -0.05) is 23.5 Å². The Bertz CT molecular complexity index is 1930. The number of thiazole rings is 1. The highest BCUT2D eigenvalue weighted by Crippen LogP contribution is 2.35. The molecule has 1 aliphatic heterocycles. The van der Waals surface area contributed by atoms with E-state index >= 15 is 0 Å². The molecule has 11 heteroatoms. The van der Waals surface area contributed by atoms with Crippen LogP contribution in [-0.4, -0.2) is 37.3 Å². The van der Waals surface area contributed by atoms with E-state index in [1.54, 1.807) is 57.4 Å². The average molecular weight is 652 g/mol. The van der Waals surface area contributed by atoms with Crippen molar-refractivity contribution in [1.29, 1.82) is 0 Å². The van der Waals surface area contributed by atoms with Gasteiger partial charge in [0, 0.05) is 11.6 Å². The van der Waals surface area contributed by atoms with Gasteiger partial charge in [0.15, 0.2) is 4.80 Å². The fraction of sp³-hybridized carbons (Fsp3) is 0.226. The van der Waals surface area contributed by atoms with E-state index in [1.165, 1.54) is 23.0 Å². The summed E-state index contributed by atoms with van der Waals surface area (Å²) in [5.41, 5.74) is 3.24. The second-order valence-corrected chi connectivity index (χ2v) is 11.3. The van der Waals surface area contributed by atoms with Crippen LogP contribution in [0.1, 0.15) is 47.1 Å². The van der Waals surface area contributed by atoms with Crippen LogP contribution in [0.15, 0.2) is 78.5 Å². The van der Waals surface area contributed by atoms with Crippen LogP contribution in [0.3, 0.4) is 0 Å². The van der Waals surface area contributed by atoms with Crippen molar-refractivity contribution in [3.8, 4) is 17.1 Å². The number of rotatable bonds is 7. The number of benzene rings is 2. The summed E-state index contributed by atoms with van der Waals surface area (Å²) in [6, 6.07) is 13.5. The SMILES string of the molecule is CCOC(=O)C1=C(C)N=c2s/c(=C/c3ccc(-c4ccc(C(=O)OC)cc4C)o3)c(=O)n2[C@H]1c1ccc(OC)c(Br)c1. The van der Waals surface area contributed by atoms with Gasteiger partial charge in [0.25, 0.3) is 5.56 Å². The van der Waals surface area contributed by atoms with E-state index in [0.717, 1.165) is 11.1 Å². The fourth-order valence-corrected chi connectivity index (χ4v) is 6.43. The molecule has 0 bridgehead atoms. The van der Waals surface area contributed by atoms with E-state index in [4.69, 9.17) is 18.6 Å². The molecule has 0 saturated carbocycles. The lowest BCUT2D eigenvalue weighted by molar-refractivity contribution is -0.139. The Balaban J connectivity index is 1.60. The number of esters is 2. The molecular formula is C31H27BrN2O7S. The van der Waals surface area contributed by atoms with E-state index in [1.807, 2.05) is 25.1 Å². The molecule has 2 aromatic heterocycles. The minimum atomic E-state index is -0.757. The van der Waals surface area contributed by atoms with E-state index in [9.17, 15) is 14.4 Å². The number of carbonyl (C=O) groups excluding carboxylic acids is 2. The number of ether oxygens (including phenoxy) is 3. The van der Waals surface area contributed by atoms with Gasteiger partial charge in [-0.15, -0.1) is 0 Å². The summed E-state index contributed by atoms with van der Waals surface area (Å²) in [7, 11) is 2.90. The van der Waals surface area contributed by atoms with E-state index in [2.05, 4.69) is 20.9 Å². The summed E-state index contributed by atoms with van der Waals surface area (Å²) in [5, 5.41) is 0. The predicted octanol–water partition coefficient (Wildman–Crippen LogP) is 4.92. The molecule has 4 aromatic rings.